The highest BCUT2D eigenvalue weighted by Crippen LogP contribution is 2.57. The second-order valence-corrected chi connectivity index (χ2v) is 47.1. The van der Waals surface area contributed by atoms with Crippen LogP contribution in [0.1, 0.15) is 395 Å². The molecule has 2 atom stereocenters. The Morgan fingerprint density at radius 1 is 0.333 bits per heavy atom. The maximum absolute atomic E-state index is 13.7. The first kappa shape index (κ1) is 99.9. The Bertz CT molecular complexity index is 4810. The second-order valence-electron chi connectivity index (χ2n) is 35.7. The van der Waals surface area contributed by atoms with Crippen LogP contribution in [0, 0.1) is 18.8 Å². The Morgan fingerprint density at radius 2 is 0.659 bits per heavy atom. The van der Waals surface area contributed by atoms with Crippen LogP contribution in [0.25, 0.3) is 94.5 Å². The summed E-state index contributed by atoms with van der Waals surface area (Å²) in [4.78, 5) is 38.8. The highest BCUT2D eigenvalue weighted by Gasteiger charge is 2.33. The van der Waals surface area contributed by atoms with Gasteiger partial charge in [0.25, 0.3) is 5.91 Å². The molecule has 2 unspecified atom stereocenters. The second kappa shape index (κ2) is 54.2. The van der Waals surface area contributed by atoms with Crippen LogP contribution >= 0.6 is 126 Å². The van der Waals surface area contributed by atoms with Gasteiger partial charge in [-0.3, -0.25) is 9.69 Å². The highest BCUT2D eigenvalue weighted by atomic mass is 32.2. The Hall–Kier alpha value is -3.71. The Labute approximate surface area is 791 Å². The van der Waals surface area contributed by atoms with E-state index in [9.17, 15) is 4.79 Å². The molecule has 0 saturated carbocycles. The lowest BCUT2D eigenvalue weighted by atomic mass is 10.0. The summed E-state index contributed by atoms with van der Waals surface area (Å²) in [5.74, 6) is 3.16. The van der Waals surface area contributed by atoms with Crippen molar-refractivity contribution in [1.29, 1.82) is 0 Å². The summed E-state index contributed by atoms with van der Waals surface area (Å²) < 4.78 is 18.4. The zero-order valence-electron chi connectivity index (χ0n) is 77.9. The summed E-state index contributed by atoms with van der Waals surface area (Å²) in [7, 11) is 0. The molecule has 1 amide bonds. The molecule has 0 N–H and O–H groups in total. The van der Waals surface area contributed by atoms with Gasteiger partial charge in [0.1, 0.15) is 15.8 Å². The molecular weight excluding hydrogens is 1710 g/mol. The molecule has 4 nitrogen and oxygen atoms in total. The summed E-state index contributed by atoms with van der Waals surface area (Å²) in [6, 6.07) is 25.7. The molecule has 0 aliphatic carbocycles. The van der Waals surface area contributed by atoms with E-state index in [1.165, 1.54) is 390 Å². The topological polar surface area (TPSA) is 38.8 Å². The number of thioether (sulfide) groups is 1. The van der Waals surface area contributed by atoms with Crippen molar-refractivity contribution in [2.75, 3.05) is 19.8 Å². The molecule has 11 rings (SSSR count). The minimum Gasteiger partial charge on any atom is -0.491 e. The average molecular weight is 1870 g/mol. The van der Waals surface area contributed by atoms with E-state index in [0.717, 1.165) is 85.7 Å². The van der Waals surface area contributed by atoms with Crippen LogP contribution < -0.4 is 9.47 Å². The quantitative estimate of drug-likeness (QED) is 0.0216. The number of hydrogen-bond donors (Lipinski definition) is 0. The smallest absolute Gasteiger partial charge is 0.266 e. The fourth-order valence-corrected chi connectivity index (χ4v) is 30.7. The average Bonchev–Trinajstić information content (AvgIpc) is 1.58. The lowest BCUT2D eigenvalue weighted by molar-refractivity contribution is -0.122. The third-order valence-electron chi connectivity index (χ3n) is 25.7. The molecule has 9 aromatic heterocycles. The van der Waals surface area contributed by atoms with E-state index in [-0.39, 0.29) is 5.91 Å². The fraction of sp³-hybridized carbons (Fsp3) is 0.611. The molecule has 10 aromatic rings. The van der Waals surface area contributed by atoms with Gasteiger partial charge in [0.2, 0.25) is 0 Å². The molecule has 1 aliphatic heterocycles. The molecule has 1 aromatic carbocycles. The summed E-state index contributed by atoms with van der Waals surface area (Å²) in [6.45, 7) is 29.9. The summed E-state index contributed by atoms with van der Waals surface area (Å²) >= 11 is 25.4. The standard InChI is InChI=1S/C108H153NO3S11/c1-13-24-31-37-43-49-57-79-66-94(114-76(79)12)103-81(59-51-45-39-33-26-15-3)67-90(117-103)92-73-87-99(112-75-78(22-10)56-30-19-7)106-86(98(105(87)119-92)111-74-77(21-9)55-20-8)72-93(120-106)91-68-82(60-52-46-40-34-27-16-4)104(118-91)96-70-84(62-54-48-42-36-29-18-6)101(122-96)89-64-63-88(116-89)100-83(61-53-47-41-35-28-17-5)69-95(121-100)102-80(58-50-44-38-32-25-14-2)65-85(115-102)71-97-107(110)109(23-11)108(113)123-97/h63-73,77-78H,13-62,74-75H2,1-12H3. The molecule has 0 radical (unpaired) electrons. The third kappa shape index (κ3) is 28.7. The summed E-state index contributed by atoms with van der Waals surface area (Å²) in [5.41, 5.74) is 9.10. The van der Waals surface area contributed by atoms with Crippen molar-refractivity contribution in [2.45, 2.75) is 398 Å². The van der Waals surface area contributed by atoms with Crippen LogP contribution in [0.15, 0.2) is 65.6 Å². The summed E-state index contributed by atoms with van der Waals surface area (Å²) in [5, 5.41) is 2.46. The van der Waals surface area contributed by atoms with Gasteiger partial charge >= 0.3 is 0 Å². The minimum absolute atomic E-state index is 0.0446. The van der Waals surface area contributed by atoms with Gasteiger partial charge in [0.15, 0.2) is 0 Å². The lowest BCUT2D eigenvalue weighted by Gasteiger charge is -2.19. The minimum atomic E-state index is 0.0446. The van der Waals surface area contributed by atoms with Crippen molar-refractivity contribution in [1.82, 2.24) is 4.90 Å². The van der Waals surface area contributed by atoms with E-state index in [0.29, 0.717) is 29.3 Å². The maximum atomic E-state index is 13.7. The molecule has 1 fully saturated rings. The Morgan fingerprint density at radius 3 is 1.04 bits per heavy atom. The van der Waals surface area contributed by atoms with Crippen LogP contribution in [-0.4, -0.2) is 34.9 Å². The van der Waals surface area contributed by atoms with Crippen molar-refractivity contribution >= 4 is 162 Å². The number of thiophene rings is 9. The van der Waals surface area contributed by atoms with E-state index in [1.807, 2.05) is 74.9 Å². The van der Waals surface area contributed by atoms with Gasteiger partial charge < -0.3 is 9.47 Å². The molecular formula is C108H153NO3S11. The van der Waals surface area contributed by atoms with Gasteiger partial charge in [-0.25, -0.2) is 0 Å². The van der Waals surface area contributed by atoms with E-state index in [4.69, 9.17) is 21.7 Å². The van der Waals surface area contributed by atoms with E-state index < -0.39 is 0 Å². The monoisotopic (exact) mass is 1860 g/mol. The van der Waals surface area contributed by atoms with Crippen LogP contribution in [-0.2, 0) is 43.3 Å². The van der Waals surface area contributed by atoms with Crippen LogP contribution in [0.2, 0.25) is 0 Å². The molecule has 1 aliphatic rings. The maximum Gasteiger partial charge on any atom is 0.266 e. The number of amides is 1. The number of benzene rings is 1. The summed E-state index contributed by atoms with van der Waals surface area (Å²) in [6.07, 6.45) is 63.5. The fourth-order valence-electron chi connectivity index (χ4n) is 18.0. The van der Waals surface area contributed by atoms with E-state index >= 15 is 0 Å². The Kier molecular flexibility index (Phi) is 44.0. The molecule has 674 valence electrons. The molecule has 123 heavy (non-hydrogen) atoms. The van der Waals surface area contributed by atoms with Gasteiger partial charge in [-0.2, -0.15) is 0 Å². The number of rotatable bonds is 64. The van der Waals surface area contributed by atoms with E-state index in [1.54, 1.807) is 10.5 Å². The predicted octanol–water partition coefficient (Wildman–Crippen LogP) is 40.0. The zero-order valence-corrected chi connectivity index (χ0v) is 86.9. The normalized spacial score (nSPS) is 13.5. The van der Waals surface area contributed by atoms with Crippen molar-refractivity contribution < 1.29 is 14.3 Å². The first-order valence-electron chi connectivity index (χ1n) is 49.7. The zero-order chi connectivity index (χ0) is 86.7. The Balaban J connectivity index is 1.02. The van der Waals surface area contributed by atoms with Gasteiger partial charge in [-0.1, -0.05) is 318 Å². The van der Waals surface area contributed by atoms with Crippen molar-refractivity contribution in [2.24, 2.45) is 11.8 Å². The van der Waals surface area contributed by atoms with Crippen LogP contribution in [0.3, 0.4) is 0 Å². The number of thiocarbonyl (C=S) groups is 1. The van der Waals surface area contributed by atoms with E-state index in [2.05, 4.69) is 177 Å². The number of nitrogens with zero attached hydrogens (tertiary/aromatic N) is 1. The predicted molar refractivity (Wildman–Crippen MR) is 566 cm³/mol. The number of aryl methyl sites for hydroxylation is 7. The largest absolute Gasteiger partial charge is 0.491 e. The van der Waals surface area contributed by atoms with Gasteiger partial charge in [0, 0.05) is 95.4 Å². The number of unbranched alkanes of at least 4 members (excludes halogenated alkanes) is 31. The number of fused-ring (bicyclic) bond motifs is 2. The van der Waals surface area contributed by atoms with Crippen molar-refractivity contribution in [3.8, 4) is 79.8 Å². The third-order valence-corrected chi connectivity index (χ3v) is 38.6. The van der Waals surface area contributed by atoms with Gasteiger partial charge in [-0.05, 0) is 216 Å². The molecule has 0 spiro atoms. The first-order valence-corrected chi connectivity index (χ1v) is 58.3. The number of carbonyl (C=O) groups is 1. The molecule has 10 heterocycles. The number of likely N-dealkylation sites (N-methyl/N-ethyl adjacent to an activating group) is 1. The SMILES string of the molecule is CCCCCCCCc1cc(-c2sc(-c3cc4c(OCC(CC)CCCC)c5sc(-c6cc(CCCCCCCC)c(-c7cc(CCCCCCCC)c(-c8ccc(-c9sc(-c%10sc(C=C%11SC(=S)N(CC)C%11=O)cc%10CCCCCCCC)cc9CCCCCCCC)s8)s7)s6)cc5c(OCC(CC)CCC)c4s3)cc2CCCCCCCC)sc1C. The van der Waals surface area contributed by atoms with Crippen molar-refractivity contribution in [3.05, 3.63) is 109 Å². The molecule has 1 saturated heterocycles. The number of hydrogen-bond acceptors (Lipinski definition) is 14. The van der Waals surface area contributed by atoms with Gasteiger partial charge in [-0.15, -0.1) is 102 Å². The first-order chi connectivity index (χ1) is 60.3. The van der Waals surface area contributed by atoms with Crippen LogP contribution in [0.4, 0.5) is 0 Å². The van der Waals surface area contributed by atoms with Crippen molar-refractivity contribution in [3.63, 3.8) is 0 Å². The van der Waals surface area contributed by atoms with Crippen LogP contribution in [0.5, 0.6) is 11.5 Å². The number of ether oxygens (including phenoxy) is 2. The molecule has 0 bridgehead atoms. The van der Waals surface area contributed by atoms with Gasteiger partial charge in [0.05, 0.1) is 27.5 Å². The molecule has 15 heteroatoms. The lowest BCUT2D eigenvalue weighted by Crippen LogP contribution is -2.27. The number of carbonyl (C=O) groups excluding carboxylic acids is 1. The highest BCUT2D eigenvalue weighted by molar-refractivity contribution is 8.26.